The monoisotopic (exact) mass is 466 g/mol. The highest BCUT2D eigenvalue weighted by atomic mass is 16.5. The van der Waals surface area contributed by atoms with Gasteiger partial charge in [-0.15, -0.1) is 0 Å². The van der Waals surface area contributed by atoms with Crippen molar-refractivity contribution in [3.05, 3.63) is 0 Å². The fraction of sp³-hybridized carbons (Fsp3) is 0.931. The van der Waals surface area contributed by atoms with Crippen LogP contribution in [-0.2, 0) is 19.1 Å². The normalized spacial score (nSPS) is 16.3. The molecule has 1 saturated carbocycles. The van der Waals surface area contributed by atoms with Crippen LogP contribution in [0.5, 0.6) is 0 Å². The van der Waals surface area contributed by atoms with E-state index < -0.39 is 0 Å². The van der Waals surface area contributed by atoms with E-state index in [1.165, 1.54) is 96.3 Å². The summed E-state index contributed by atoms with van der Waals surface area (Å²) in [6, 6.07) is 0. The first-order chi connectivity index (χ1) is 16.1. The second-order valence-electron chi connectivity index (χ2n) is 10.1. The number of hydrogen-bond acceptors (Lipinski definition) is 4. The first kappa shape index (κ1) is 30.0. The van der Waals surface area contributed by atoms with E-state index in [0.717, 1.165) is 25.7 Å². The van der Waals surface area contributed by atoms with Crippen molar-refractivity contribution in [1.29, 1.82) is 0 Å². The number of unbranched alkanes of at least 4 members (excludes halogenated alkanes) is 11. The van der Waals surface area contributed by atoms with E-state index in [0.29, 0.717) is 19.1 Å². The maximum absolute atomic E-state index is 12.9. The number of carbonyl (C=O) groups excluding carboxylic acids is 2. The van der Waals surface area contributed by atoms with Crippen molar-refractivity contribution in [3.63, 3.8) is 0 Å². The molecule has 0 bridgehead atoms. The quantitative estimate of drug-likeness (QED) is 0.133. The lowest BCUT2D eigenvalue weighted by Gasteiger charge is -2.29. The molecule has 0 spiro atoms. The molecule has 0 aromatic carbocycles. The van der Waals surface area contributed by atoms with Gasteiger partial charge in [0.25, 0.3) is 0 Å². The van der Waals surface area contributed by atoms with Crippen molar-refractivity contribution < 1.29 is 19.1 Å². The minimum Gasteiger partial charge on any atom is -0.466 e. The highest BCUT2D eigenvalue weighted by Crippen LogP contribution is 2.34. The molecule has 1 aliphatic rings. The van der Waals surface area contributed by atoms with E-state index in [2.05, 4.69) is 6.92 Å². The van der Waals surface area contributed by atoms with E-state index >= 15 is 0 Å². The van der Waals surface area contributed by atoms with Crippen LogP contribution in [0.15, 0.2) is 0 Å². The van der Waals surface area contributed by atoms with E-state index in [9.17, 15) is 9.59 Å². The van der Waals surface area contributed by atoms with Crippen molar-refractivity contribution in [2.45, 2.75) is 143 Å². The SMILES string of the molecule is CCCCCCCCCCCCCCC(C(=O)OCC)C(CC1CCCCC1)C(=O)OCC. The Morgan fingerprint density at radius 2 is 1.09 bits per heavy atom. The molecule has 0 saturated heterocycles. The predicted molar refractivity (Wildman–Crippen MR) is 137 cm³/mol. The van der Waals surface area contributed by atoms with Crippen LogP contribution in [0.4, 0.5) is 0 Å². The maximum Gasteiger partial charge on any atom is 0.309 e. The summed E-state index contributed by atoms with van der Waals surface area (Å²) in [5, 5.41) is 0. The number of hydrogen-bond donors (Lipinski definition) is 0. The van der Waals surface area contributed by atoms with E-state index in [-0.39, 0.29) is 23.8 Å². The number of rotatable bonds is 20. The average Bonchev–Trinajstić information content (AvgIpc) is 2.82. The van der Waals surface area contributed by atoms with Gasteiger partial charge in [0.2, 0.25) is 0 Å². The third kappa shape index (κ3) is 14.1. The van der Waals surface area contributed by atoms with Gasteiger partial charge in [-0.05, 0) is 32.6 Å². The van der Waals surface area contributed by atoms with Crippen molar-refractivity contribution in [1.82, 2.24) is 0 Å². The molecule has 0 amide bonds. The predicted octanol–water partition coefficient (Wildman–Crippen LogP) is 8.41. The number of esters is 2. The van der Waals surface area contributed by atoms with Crippen LogP contribution in [-0.4, -0.2) is 25.2 Å². The zero-order valence-electron chi connectivity index (χ0n) is 22.2. The molecule has 2 atom stereocenters. The Kier molecular flexibility index (Phi) is 18.5. The van der Waals surface area contributed by atoms with Gasteiger partial charge in [0.1, 0.15) is 0 Å². The molecule has 0 radical (unpaired) electrons. The minimum atomic E-state index is -0.353. The Morgan fingerprint density at radius 3 is 1.58 bits per heavy atom. The van der Waals surface area contributed by atoms with Gasteiger partial charge in [0.15, 0.2) is 0 Å². The topological polar surface area (TPSA) is 52.6 Å². The van der Waals surface area contributed by atoms with E-state index in [4.69, 9.17) is 9.47 Å². The molecule has 33 heavy (non-hydrogen) atoms. The second-order valence-corrected chi connectivity index (χ2v) is 10.1. The summed E-state index contributed by atoms with van der Waals surface area (Å²) in [7, 11) is 0. The third-order valence-corrected chi connectivity index (χ3v) is 7.35. The Morgan fingerprint density at radius 1 is 0.636 bits per heavy atom. The zero-order valence-corrected chi connectivity index (χ0v) is 22.2. The van der Waals surface area contributed by atoms with Crippen LogP contribution in [0.2, 0.25) is 0 Å². The Hall–Kier alpha value is -1.06. The summed E-state index contributed by atoms with van der Waals surface area (Å²) < 4.78 is 10.8. The molecule has 194 valence electrons. The number of ether oxygens (including phenoxy) is 2. The van der Waals surface area contributed by atoms with Gasteiger partial charge >= 0.3 is 11.9 Å². The zero-order chi connectivity index (χ0) is 24.2. The molecule has 0 heterocycles. The Labute approximate surface area is 205 Å². The molecular weight excluding hydrogens is 412 g/mol. The summed E-state index contributed by atoms with van der Waals surface area (Å²) in [5.41, 5.74) is 0. The van der Waals surface area contributed by atoms with Crippen molar-refractivity contribution in [2.24, 2.45) is 17.8 Å². The van der Waals surface area contributed by atoms with Crippen LogP contribution in [0.25, 0.3) is 0 Å². The van der Waals surface area contributed by atoms with Crippen LogP contribution >= 0.6 is 0 Å². The van der Waals surface area contributed by atoms with Crippen LogP contribution in [0.1, 0.15) is 143 Å². The Balaban J connectivity index is 2.43. The fourth-order valence-corrected chi connectivity index (χ4v) is 5.39. The molecule has 4 nitrogen and oxygen atoms in total. The minimum absolute atomic E-state index is 0.194. The molecule has 0 aromatic rings. The molecular formula is C29H54O4. The smallest absolute Gasteiger partial charge is 0.309 e. The second kappa shape index (κ2) is 20.3. The van der Waals surface area contributed by atoms with E-state index in [1.54, 1.807) is 0 Å². The van der Waals surface area contributed by atoms with Crippen molar-refractivity contribution in [3.8, 4) is 0 Å². The highest BCUT2D eigenvalue weighted by Gasteiger charge is 2.37. The summed E-state index contributed by atoms with van der Waals surface area (Å²) in [6.45, 7) is 6.70. The molecule has 1 aliphatic carbocycles. The average molecular weight is 467 g/mol. The van der Waals surface area contributed by atoms with Crippen molar-refractivity contribution in [2.75, 3.05) is 13.2 Å². The fourth-order valence-electron chi connectivity index (χ4n) is 5.39. The first-order valence-corrected chi connectivity index (χ1v) is 14.5. The largest absolute Gasteiger partial charge is 0.466 e. The van der Waals surface area contributed by atoms with Gasteiger partial charge in [-0.25, -0.2) is 0 Å². The number of carbonyl (C=O) groups is 2. The molecule has 4 heteroatoms. The van der Waals surface area contributed by atoms with Gasteiger partial charge in [0, 0.05) is 0 Å². The molecule has 2 unspecified atom stereocenters. The molecule has 1 rings (SSSR count). The van der Waals surface area contributed by atoms with Gasteiger partial charge in [0.05, 0.1) is 25.0 Å². The lowest BCUT2D eigenvalue weighted by Crippen LogP contribution is -2.34. The van der Waals surface area contributed by atoms with Crippen LogP contribution in [0.3, 0.4) is 0 Å². The van der Waals surface area contributed by atoms with E-state index in [1.807, 2.05) is 13.8 Å². The summed E-state index contributed by atoms with van der Waals surface area (Å²) in [6.07, 6.45) is 23.2. The maximum atomic E-state index is 12.9. The summed E-state index contributed by atoms with van der Waals surface area (Å²) >= 11 is 0. The third-order valence-electron chi connectivity index (χ3n) is 7.35. The van der Waals surface area contributed by atoms with Crippen LogP contribution < -0.4 is 0 Å². The molecule has 0 aliphatic heterocycles. The Bertz CT molecular complexity index is 484. The first-order valence-electron chi connectivity index (χ1n) is 14.5. The lowest BCUT2D eigenvalue weighted by atomic mass is 9.77. The van der Waals surface area contributed by atoms with Crippen LogP contribution in [0, 0.1) is 17.8 Å². The molecule has 0 aromatic heterocycles. The molecule has 0 N–H and O–H groups in total. The molecule has 1 fully saturated rings. The standard InChI is InChI=1S/C29H54O4/c1-4-7-8-9-10-11-12-13-14-15-16-20-23-26(28(30)32-5-2)27(29(31)33-6-3)24-25-21-18-17-19-22-25/h25-27H,4-24H2,1-3H3. The highest BCUT2D eigenvalue weighted by molar-refractivity contribution is 5.82. The van der Waals surface area contributed by atoms with Gasteiger partial charge < -0.3 is 9.47 Å². The van der Waals surface area contributed by atoms with Gasteiger partial charge in [-0.2, -0.15) is 0 Å². The summed E-state index contributed by atoms with van der Waals surface area (Å²) in [4.78, 5) is 25.7. The lowest BCUT2D eigenvalue weighted by molar-refractivity contribution is -0.161. The van der Waals surface area contributed by atoms with Gasteiger partial charge in [-0.3, -0.25) is 9.59 Å². The summed E-state index contributed by atoms with van der Waals surface area (Å²) in [5.74, 6) is -0.560. The van der Waals surface area contributed by atoms with Crippen molar-refractivity contribution >= 4 is 11.9 Å². The van der Waals surface area contributed by atoms with Gasteiger partial charge in [-0.1, -0.05) is 116 Å².